The second kappa shape index (κ2) is 38.4. The van der Waals surface area contributed by atoms with Crippen molar-refractivity contribution in [2.75, 3.05) is 125 Å². The number of nitrogens with one attached hydrogen (secondary N) is 2. The van der Waals surface area contributed by atoms with E-state index in [1.807, 2.05) is 40.1 Å². The van der Waals surface area contributed by atoms with E-state index in [1.165, 1.54) is 18.2 Å². The van der Waals surface area contributed by atoms with Crippen LogP contribution in [-0.2, 0) is 36.4 Å². The molecule has 7 aromatic rings. The van der Waals surface area contributed by atoms with Gasteiger partial charge in [-0.25, -0.2) is 18.0 Å². The van der Waals surface area contributed by atoms with Crippen molar-refractivity contribution in [3.05, 3.63) is 166 Å². The third kappa shape index (κ3) is 23.1. The first-order valence-electron chi connectivity index (χ1n) is 35.6. The molecular formula is C77H94ClF5N6O19S. The number of ether oxygens (including phenoxy) is 9. The molecule has 8 N–H and O–H groups in total. The van der Waals surface area contributed by atoms with Gasteiger partial charge < -0.3 is 83.8 Å². The highest BCUT2D eigenvalue weighted by Gasteiger charge is 2.47. The number of alkyl carbamates (subject to hydrolysis) is 1. The third-order valence-electron chi connectivity index (χ3n) is 18.8. The molecule has 25 nitrogen and oxygen atoms in total. The number of furan rings is 1. The first-order valence-corrected chi connectivity index (χ1v) is 37.8. The van der Waals surface area contributed by atoms with E-state index < -0.39 is 94.9 Å². The Morgan fingerprint density at radius 1 is 0.560 bits per heavy atom. The Kier molecular flexibility index (Phi) is 29.3. The fraction of sp³-hybridized carbons (Fsp3) is 0.481. The highest BCUT2D eigenvalue weighted by atomic mass is 35.5. The fourth-order valence-electron chi connectivity index (χ4n) is 13.1. The van der Waals surface area contributed by atoms with Crippen molar-refractivity contribution in [2.24, 2.45) is 11.7 Å². The van der Waals surface area contributed by atoms with Crippen molar-refractivity contribution in [3.63, 3.8) is 0 Å². The number of likely N-dealkylation sites (tertiary alicyclic amines) is 3. The van der Waals surface area contributed by atoms with Gasteiger partial charge in [-0.1, -0.05) is 80.5 Å². The number of aliphatic hydroxyl groups excluding tert-OH is 4. The standard InChI is InChI=1S/C25H24ClF3N2O5.C23H27FN2O5.C15H21FN2O3.C13H18O6S.CH4/c26-16-2-4-19-15(9-16)11-22(36-19)25(28,29)24(33)30-18(13-31-6-5-17(27)12-31)23(32)14-1-3-20-21(10-14)35-8-7-34-20;24-18-8-9-26(13-18)14-19(25-23(28)31-15-16-4-2-1-3-5-16)22(27)17-6-7-20-21(12-17)30-11-10-29-20;16-11-3-4-18(8-11)9-12(17)15(19)10-1-2-13-14(7-10)21-6-5-20-13;1-9(8-19-20(2,15)16)13(14)10-3-4-11-12(7-10)18-6-5-17-11;/h1-4,9-11,17-18,23,32H,5-8,12-13H2,(H,30,33);1-7,12,18-19,22,27H,8-11,13-15H2,(H,25,28);1-2,7,11-12,15,19H,3-6,8-9,17H2;3-4,7,9,13-14H,5-6,8H2,1-2H3;1H4/t17-,18+,23+;18-,19+,22+;11-,12+,15+;9-,13+;/m0001./s1. The number of carbonyl (C=O) groups is 2. The van der Waals surface area contributed by atoms with Gasteiger partial charge in [-0.3, -0.25) is 23.7 Å². The van der Waals surface area contributed by atoms with Crippen LogP contribution in [0.25, 0.3) is 11.0 Å². The van der Waals surface area contributed by atoms with Crippen molar-refractivity contribution >= 4 is 44.7 Å². The largest absolute Gasteiger partial charge is 0.486 e. The lowest BCUT2D eigenvalue weighted by Crippen LogP contribution is -2.51. The van der Waals surface area contributed by atoms with Gasteiger partial charge in [0.2, 0.25) is 0 Å². The fourth-order valence-corrected chi connectivity index (χ4v) is 13.7. The molecule has 109 heavy (non-hydrogen) atoms. The highest BCUT2D eigenvalue weighted by Crippen LogP contribution is 2.40. The van der Waals surface area contributed by atoms with E-state index in [4.69, 9.17) is 68.6 Å². The summed E-state index contributed by atoms with van der Waals surface area (Å²) in [4.78, 5) is 30.8. The zero-order chi connectivity index (χ0) is 76.7. The van der Waals surface area contributed by atoms with E-state index in [-0.39, 0.29) is 51.8 Å². The molecule has 11 atom stereocenters. The van der Waals surface area contributed by atoms with Gasteiger partial charge in [0.25, 0.3) is 16.0 Å². The van der Waals surface area contributed by atoms with Crippen LogP contribution in [0.1, 0.15) is 91.6 Å². The molecule has 0 spiro atoms. The average Bonchev–Trinajstić information content (AvgIpc) is 1.69. The first kappa shape index (κ1) is 83.0. The van der Waals surface area contributed by atoms with Crippen LogP contribution in [0.5, 0.6) is 46.0 Å². The van der Waals surface area contributed by atoms with Crippen molar-refractivity contribution < 1.29 is 112 Å². The van der Waals surface area contributed by atoms with Gasteiger partial charge in [-0.05, 0) is 120 Å². The van der Waals surface area contributed by atoms with Crippen LogP contribution in [0.4, 0.5) is 26.7 Å². The predicted octanol–water partition coefficient (Wildman–Crippen LogP) is 9.64. The lowest BCUT2D eigenvalue weighted by atomic mass is 9.98. The lowest BCUT2D eigenvalue weighted by molar-refractivity contribution is -0.151. The van der Waals surface area contributed by atoms with Gasteiger partial charge in [-0.2, -0.15) is 17.2 Å². The van der Waals surface area contributed by atoms with E-state index in [0.29, 0.717) is 190 Å². The maximum atomic E-state index is 15.2. The summed E-state index contributed by atoms with van der Waals surface area (Å²) in [6.07, 6.45) is -5.15. The minimum Gasteiger partial charge on any atom is -0.486 e. The summed E-state index contributed by atoms with van der Waals surface area (Å²) in [5.41, 5.74) is 9.33. The molecule has 3 fully saturated rings. The van der Waals surface area contributed by atoms with Gasteiger partial charge in [-0.15, -0.1) is 0 Å². The number of hydrogen-bond donors (Lipinski definition) is 7. The van der Waals surface area contributed by atoms with Crippen LogP contribution in [-0.4, -0.2) is 217 Å². The van der Waals surface area contributed by atoms with Crippen molar-refractivity contribution in [1.82, 2.24) is 25.3 Å². The summed E-state index contributed by atoms with van der Waals surface area (Å²) < 4.78 is 152. The number of nitrogens with two attached hydrogens (primary N) is 1. The number of nitrogens with zero attached hydrogens (tertiary/aromatic N) is 3. The minimum atomic E-state index is -4.04. The smallest absolute Gasteiger partial charge is 0.407 e. The third-order valence-corrected chi connectivity index (χ3v) is 19.6. The summed E-state index contributed by atoms with van der Waals surface area (Å²) in [6.45, 7) is 8.58. The number of carbonyl (C=O) groups excluding carboxylic acids is 2. The van der Waals surface area contributed by atoms with Gasteiger partial charge >= 0.3 is 12.0 Å². The molecule has 0 bridgehead atoms. The molecule has 0 saturated carbocycles. The summed E-state index contributed by atoms with van der Waals surface area (Å²) in [6, 6.07) is 32.9. The topological polar surface area (TPSA) is 314 Å². The monoisotopic (exact) mass is 1570 g/mol. The Morgan fingerprint density at radius 2 is 0.963 bits per heavy atom. The van der Waals surface area contributed by atoms with Crippen LogP contribution >= 0.6 is 11.6 Å². The molecule has 14 rings (SSSR count). The number of alkyl halides is 5. The highest BCUT2D eigenvalue weighted by molar-refractivity contribution is 7.86. The van der Waals surface area contributed by atoms with Crippen LogP contribution in [0.3, 0.4) is 0 Å². The molecule has 0 radical (unpaired) electrons. The van der Waals surface area contributed by atoms with E-state index in [9.17, 15) is 51.6 Å². The molecule has 594 valence electrons. The molecule has 1 aromatic heterocycles. The van der Waals surface area contributed by atoms with Gasteiger partial charge in [0, 0.05) is 81.3 Å². The van der Waals surface area contributed by atoms with E-state index in [1.54, 1.807) is 84.6 Å². The number of hydrogen-bond acceptors (Lipinski definition) is 23. The molecule has 0 aliphatic carbocycles. The maximum Gasteiger partial charge on any atom is 0.407 e. The normalized spacial score (nSPS) is 20.3. The Morgan fingerprint density at radius 3 is 1.39 bits per heavy atom. The molecule has 32 heteroatoms. The Bertz CT molecular complexity index is 4260. The molecule has 0 unspecified atom stereocenters. The number of amides is 2. The van der Waals surface area contributed by atoms with Crippen molar-refractivity contribution in [1.29, 1.82) is 0 Å². The summed E-state index contributed by atoms with van der Waals surface area (Å²) in [5.74, 6) is -2.28. The lowest BCUT2D eigenvalue weighted by Gasteiger charge is -2.30. The summed E-state index contributed by atoms with van der Waals surface area (Å²) in [7, 11) is -3.51. The van der Waals surface area contributed by atoms with Crippen molar-refractivity contribution in [3.8, 4) is 46.0 Å². The number of halogens is 6. The van der Waals surface area contributed by atoms with Gasteiger partial charge in [0.1, 0.15) is 95.8 Å². The molecule has 8 heterocycles. The zero-order valence-electron chi connectivity index (χ0n) is 59.5. The zero-order valence-corrected chi connectivity index (χ0v) is 61.1. The second-order valence-corrected chi connectivity index (χ2v) is 29.3. The quantitative estimate of drug-likeness (QED) is 0.0231. The van der Waals surface area contributed by atoms with Crippen molar-refractivity contribution in [2.45, 2.75) is 107 Å². The Hall–Kier alpha value is -8.47. The van der Waals surface area contributed by atoms with E-state index in [0.717, 1.165) is 17.9 Å². The number of rotatable bonds is 23. The van der Waals surface area contributed by atoms with Crippen LogP contribution in [0.15, 0.2) is 132 Å². The number of fused-ring (bicyclic) bond motifs is 5. The molecule has 7 aliphatic rings. The maximum absolute atomic E-state index is 15.2. The predicted molar refractivity (Wildman–Crippen MR) is 393 cm³/mol. The second-order valence-electron chi connectivity index (χ2n) is 27.2. The Balaban J connectivity index is 0.000000159. The first-order chi connectivity index (χ1) is 51.8. The molecular weight excluding hydrogens is 1480 g/mol. The average molecular weight is 1570 g/mol. The van der Waals surface area contributed by atoms with E-state index >= 15 is 8.78 Å². The molecule has 3 saturated heterocycles. The molecule has 6 aromatic carbocycles. The SMILES string of the molecule is C.C[C@H](COS(C)(=O)=O)[C@H](O)c1ccc2c(c1)OCCO2.N[C@H](CN1CC[C@H](F)C1)[C@H](O)c1ccc2c(c1)OCCO2.O=C(N[C@H](CN1CC[C@H](F)C1)[C@H](O)c1ccc2c(c1)OCCO2)C(F)(F)c1cc2cc(Cl)ccc2o1.O=C(N[C@H](CN1CC[C@H](F)C1)[C@H](O)c1ccc2c(c1)OCCO2)OCc1ccccc1. The Labute approximate surface area is 634 Å². The van der Waals surface area contributed by atoms with Gasteiger partial charge in [0.05, 0.1) is 37.2 Å². The van der Waals surface area contributed by atoms with Crippen LogP contribution < -0.4 is 54.3 Å². The minimum absolute atomic E-state index is 0. The van der Waals surface area contributed by atoms with Crippen LogP contribution in [0.2, 0.25) is 5.02 Å². The summed E-state index contributed by atoms with van der Waals surface area (Å²) in [5, 5.41) is 48.5. The molecule has 7 aliphatic heterocycles. The number of aliphatic hydroxyl groups is 4. The van der Waals surface area contributed by atoms with Crippen LogP contribution in [0, 0.1) is 5.92 Å². The van der Waals surface area contributed by atoms with E-state index in [2.05, 4.69) is 10.6 Å². The number of benzene rings is 6. The van der Waals surface area contributed by atoms with Gasteiger partial charge in [0.15, 0.2) is 51.8 Å². The summed E-state index contributed by atoms with van der Waals surface area (Å²) >= 11 is 5.92. The molecule has 2 amide bonds.